The maximum Gasteiger partial charge on any atom is 0.257 e. The molecular weight excluding hydrogens is 341 g/mol. The van der Waals surface area contributed by atoms with Crippen LogP contribution >= 0.6 is 22.6 Å². The highest BCUT2D eigenvalue weighted by molar-refractivity contribution is 14.1. The molecule has 0 atom stereocenters. The van der Waals surface area contributed by atoms with Gasteiger partial charge >= 0.3 is 0 Å². The van der Waals surface area contributed by atoms with Crippen molar-refractivity contribution in [2.75, 3.05) is 5.32 Å². The first-order valence-corrected chi connectivity index (χ1v) is 6.88. The van der Waals surface area contributed by atoms with Crippen LogP contribution in [0.4, 0.5) is 5.82 Å². The summed E-state index contributed by atoms with van der Waals surface area (Å²) in [6.07, 6.45) is 1.98. The van der Waals surface area contributed by atoms with E-state index in [2.05, 4.69) is 45.0 Å². The van der Waals surface area contributed by atoms with Crippen LogP contribution in [0.3, 0.4) is 0 Å². The van der Waals surface area contributed by atoms with E-state index in [-0.39, 0.29) is 5.91 Å². The Morgan fingerprint density at radius 1 is 1.44 bits per heavy atom. The summed E-state index contributed by atoms with van der Waals surface area (Å²) < 4.78 is 0.928. The molecule has 2 N–H and O–H groups in total. The van der Waals surface area contributed by atoms with Crippen LogP contribution in [0.25, 0.3) is 0 Å². The lowest BCUT2D eigenvalue weighted by molar-refractivity contribution is 0.102. The number of aromatic nitrogens is 2. The third-order valence-electron chi connectivity index (χ3n) is 2.51. The van der Waals surface area contributed by atoms with Crippen LogP contribution in [-0.2, 0) is 6.42 Å². The average molecular weight is 355 g/mol. The van der Waals surface area contributed by atoms with Crippen molar-refractivity contribution < 1.29 is 4.79 Å². The number of nitrogens with zero attached hydrogens (tertiary/aromatic N) is 1. The van der Waals surface area contributed by atoms with E-state index < -0.39 is 0 Å². The number of aryl methyl sites for hydroxylation is 1. The van der Waals surface area contributed by atoms with Gasteiger partial charge in [0.2, 0.25) is 0 Å². The molecule has 2 aromatic rings. The molecule has 18 heavy (non-hydrogen) atoms. The van der Waals surface area contributed by atoms with Crippen LogP contribution in [0.5, 0.6) is 0 Å². The van der Waals surface area contributed by atoms with Crippen molar-refractivity contribution in [1.82, 2.24) is 10.2 Å². The molecule has 94 valence electrons. The molecule has 1 aromatic carbocycles. The Morgan fingerprint density at radius 2 is 2.22 bits per heavy atom. The van der Waals surface area contributed by atoms with Gasteiger partial charge in [-0.25, -0.2) is 0 Å². The van der Waals surface area contributed by atoms with Crippen molar-refractivity contribution in [2.24, 2.45) is 0 Å². The summed E-state index contributed by atoms with van der Waals surface area (Å²) in [6, 6.07) is 9.34. The number of hydrogen-bond acceptors (Lipinski definition) is 2. The monoisotopic (exact) mass is 355 g/mol. The van der Waals surface area contributed by atoms with Crippen molar-refractivity contribution in [1.29, 1.82) is 0 Å². The number of benzene rings is 1. The molecule has 5 heteroatoms. The number of amides is 1. The molecule has 0 aliphatic heterocycles. The number of H-pyrrole nitrogens is 1. The Hall–Kier alpha value is -1.37. The van der Waals surface area contributed by atoms with Gasteiger partial charge in [-0.15, -0.1) is 0 Å². The smallest absolute Gasteiger partial charge is 0.257 e. The molecule has 0 saturated carbocycles. The Balaban J connectivity index is 2.09. The van der Waals surface area contributed by atoms with Gasteiger partial charge in [-0.3, -0.25) is 9.89 Å². The standard InChI is InChI=1S/C13H14IN3O/c1-2-5-9-8-12(17-16-9)15-13(18)10-6-3-4-7-11(10)14/h3-4,6-8H,2,5H2,1H3,(H2,15,16,17,18). The lowest BCUT2D eigenvalue weighted by Crippen LogP contribution is -2.13. The van der Waals surface area contributed by atoms with E-state index >= 15 is 0 Å². The maximum absolute atomic E-state index is 12.0. The molecule has 4 nitrogen and oxygen atoms in total. The zero-order chi connectivity index (χ0) is 13.0. The number of halogens is 1. The minimum absolute atomic E-state index is 0.130. The zero-order valence-corrected chi connectivity index (χ0v) is 12.2. The summed E-state index contributed by atoms with van der Waals surface area (Å²) >= 11 is 2.15. The summed E-state index contributed by atoms with van der Waals surface area (Å²) in [4.78, 5) is 12.0. The number of carbonyl (C=O) groups is 1. The van der Waals surface area contributed by atoms with Crippen molar-refractivity contribution in [2.45, 2.75) is 19.8 Å². The molecule has 0 radical (unpaired) electrons. The van der Waals surface area contributed by atoms with E-state index in [9.17, 15) is 4.79 Å². The van der Waals surface area contributed by atoms with Crippen LogP contribution in [0, 0.1) is 3.57 Å². The van der Waals surface area contributed by atoms with Crippen molar-refractivity contribution in [3.8, 4) is 0 Å². The number of rotatable bonds is 4. The Kier molecular flexibility index (Phi) is 4.35. The number of hydrogen-bond donors (Lipinski definition) is 2. The second kappa shape index (κ2) is 5.99. The molecule has 0 aliphatic rings. The van der Waals surface area contributed by atoms with E-state index in [0.29, 0.717) is 11.4 Å². The van der Waals surface area contributed by atoms with Crippen LogP contribution in [-0.4, -0.2) is 16.1 Å². The van der Waals surface area contributed by atoms with E-state index in [1.165, 1.54) is 0 Å². The van der Waals surface area contributed by atoms with Gasteiger partial charge in [0.1, 0.15) is 0 Å². The quantitative estimate of drug-likeness (QED) is 0.828. The predicted molar refractivity (Wildman–Crippen MR) is 79.7 cm³/mol. The molecule has 2 rings (SSSR count). The second-order valence-electron chi connectivity index (χ2n) is 3.96. The van der Waals surface area contributed by atoms with Crippen LogP contribution in [0.15, 0.2) is 30.3 Å². The summed E-state index contributed by atoms with van der Waals surface area (Å²) in [5, 5.41) is 9.77. The molecule has 1 amide bonds. The minimum Gasteiger partial charge on any atom is -0.305 e. The number of anilines is 1. The SMILES string of the molecule is CCCc1cc(NC(=O)c2ccccc2I)n[nH]1. The lowest BCUT2D eigenvalue weighted by Gasteiger charge is -2.03. The van der Waals surface area contributed by atoms with Gasteiger partial charge in [-0.05, 0) is 41.1 Å². The molecule has 0 unspecified atom stereocenters. The van der Waals surface area contributed by atoms with Gasteiger partial charge in [-0.1, -0.05) is 25.5 Å². The van der Waals surface area contributed by atoms with E-state index in [0.717, 1.165) is 22.1 Å². The summed E-state index contributed by atoms with van der Waals surface area (Å²) in [6.45, 7) is 2.10. The minimum atomic E-state index is -0.130. The fraction of sp³-hybridized carbons (Fsp3) is 0.231. The Bertz CT molecular complexity index is 551. The molecular formula is C13H14IN3O. The average Bonchev–Trinajstić information content (AvgIpc) is 2.77. The summed E-state index contributed by atoms with van der Waals surface area (Å²) in [5.74, 6) is 0.442. The topological polar surface area (TPSA) is 57.8 Å². The highest BCUT2D eigenvalue weighted by Crippen LogP contribution is 2.14. The van der Waals surface area contributed by atoms with Gasteiger partial charge in [0.05, 0.1) is 5.56 Å². The highest BCUT2D eigenvalue weighted by Gasteiger charge is 2.10. The number of carbonyl (C=O) groups excluding carboxylic acids is 1. The molecule has 0 saturated heterocycles. The fourth-order valence-electron chi connectivity index (χ4n) is 1.65. The first-order chi connectivity index (χ1) is 8.70. The van der Waals surface area contributed by atoms with E-state index in [4.69, 9.17) is 0 Å². The molecule has 0 spiro atoms. The molecule has 0 fully saturated rings. The molecule has 0 aliphatic carbocycles. The predicted octanol–water partition coefficient (Wildman–Crippen LogP) is 3.22. The van der Waals surface area contributed by atoms with Crippen molar-refractivity contribution in [3.63, 3.8) is 0 Å². The largest absolute Gasteiger partial charge is 0.305 e. The second-order valence-corrected chi connectivity index (χ2v) is 5.12. The summed E-state index contributed by atoms with van der Waals surface area (Å²) in [7, 11) is 0. The van der Waals surface area contributed by atoms with Gasteiger partial charge < -0.3 is 5.32 Å². The summed E-state index contributed by atoms with van der Waals surface area (Å²) in [5.41, 5.74) is 1.70. The lowest BCUT2D eigenvalue weighted by atomic mass is 10.2. The van der Waals surface area contributed by atoms with Gasteiger partial charge in [-0.2, -0.15) is 5.10 Å². The highest BCUT2D eigenvalue weighted by atomic mass is 127. The molecule has 1 heterocycles. The van der Waals surface area contributed by atoms with Crippen molar-refractivity contribution >= 4 is 34.3 Å². The zero-order valence-electron chi connectivity index (χ0n) is 10.0. The van der Waals surface area contributed by atoms with Gasteiger partial charge in [0.15, 0.2) is 5.82 Å². The third-order valence-corrected chi connectivity index (χ3v) is 3.45. The first kappa shape index (κ1) is 13.1. The van der Waals surface area contributed by atoms with E-state index in [1.54, 1.807) is 6.07 Å². The Labute approximate surface area is 119 Å². The third kappa shape index (κ3) is 3.10. The van der Waals surface area contributed by atoms with E-state index in [1.807, 2.05) is 24.3 Å². The normalized spacial score (nSPS) is 10.3. The molecule has 1 aromatic heterocycles. The van der Waals surface area contributed by atoms with Crippen molar-refractivity contribution in [3.05, 3.63) is 45.2 Å². The molecule has 0 bridgehead atoms. The number of aromatic amines is 1. The van der Waals surface area contributed by atoms with Gasteiger partial charge in [0.25, 0.3) is 5.91 Å². The number of nitrogens with one attached hydrogen (secondary N) is 2. The Morgan fingerprint density at radius 3 is 2.94 bits per heavy atom. The van der Waals surface area contributed by atoms with Gasteiger partial charge in [0, 0.05) is 15.3 Å². The fourth-order valence-corrected chi connectivity index (χ4v) is 2.28. The maximum atomic E-state index is 12.0. The first-order valence-electron chi connectivity index (χ1n) is 5.81. The van der Waals surface area contributed by atoms with Crippen LogP contribution in [0.1, 0.15) is 29.4 Å². The van der Waals surface area contributed by atoms with Crippen LogP contribution in [0.2, 0.25) is 0 Å². The van der Waals surface area contributed by atoms with Crippen LogP contribution < -0.4 is 5.32 Å².